The number of methoxy groups -OCH3 is 2. The van der Waals surface area contributed by atoms with Crippen LogP contribution in [-0.2, 0) is 41.6 Å². The summed E-state index contributed by atoms with van der Waals surface area (Å²) in [7, 11) is 6.84. The van der Waals surface area contributed by atoms with Crippen LogP contribution in [0.15, 0.2) is 66.2 Å². The Morgan fingerprint density at radius 1 is 0.919 bits per heavy atom. The van der Waals surface area contributed by atoms with Gasteiger partial charge >= 0.3 is 0 Å². The number of aromatic nitrogens is 1. The summed E-state index contributed by atoms with van der Waals surface area (Å²) in [4.78, 5) is 67.1. The molecule has 0 bridgehead atoms. The molecular formula is C48H73N7O6S. The van der Waals surface area contributed by atoms with E-state index < -0.39 is 36.3 Å². The van der Waals surface area contributed by atoms with Gasteiger partial charge in [0.15, 0.2) is 0 Å². The lowest BCUT2D eigenvalue weighted by Gasteiger charge is -2.41. The molecule has 14 heteroatoms. The van der Waals surface area contributed by atoms with Crippen LogP contribution >= 0.6 is 11.3 Å². The van der Waals surface area contributed by atoms with Gasteiger partial charge in [0, 0.05) is 51.6 Å². The number of nitrogens with one attached hydrogen (secondary N) is 2. The van der Waals surface area contributed by atoms with Crippen LogP contribution in [0.1, 0.15) is 96.3 Å². The molecule has 1 aromatic heterocycles. The lowest BCUT2D eigenvalue weighted by atomic mass is 9.89. The Hall–Kier alpha value is -4.37. The number of likely N-dealkylation sites (tertiary alicyclic amines) is 1. The number of anilines is 1. The van der Waals surface area contributed by atoms with Gasteiger partial charge in [-0.1, -0.05) is 97.4 Å². The second-order valence-electron chi connectivity index (χ2n) is 17.8. The normalized spacial score (nSPS) is 18.2. The van der Waals surface area contributed by atoms with Crippen LogP contribution in [0.4, 0.5) is 5.69 Å². The van der Waals surface area contributed by atoms with Gasteiger partial charge in [-0.05, 0) is 67.3 Å². The smallest absolute Gasteiger partial charge is 0.245 e. The molecule has 342 valence electrons. The highest BCUT2D eigenvalue weighted by Crippen LogP contribution is 2.31. The Balaban J connectivity index is 1.48. The molecular weight excluding hydrogens is 803 g/mol. The van der Waals surface area contributed by atoms with Gasteiger partial charge in [-0.3, -0.25) is 24.1 Å². The fraction of sp³-hybridized carbons (Fsp3) is 0.604. The Labute approximate surface area is 374 Å². The van der Waals surface area contributed by atoms with Crippen molar-refractivity contribution in [2.24, 2.45) is 23.7 Å². The first-order valence-electron chi connectivity index (χ1n) is 22.2. The zero-order chi connectivity index (χ0) is 45.7. The molecule has 2 aromatic carbocycles. The van der Waals surface area contributed by atoms with Crippen LogP contribution < -0.4 is 16.4 Å². The van der Waals surface area contributed by atoms with E-state index >= 15 is 0 Å². The first-order valence-corrected chi connectivity index (χ1v) is 23.1. The number of hydrogen-bond donors (Lipinski definition) is 3. The number of carbonyl (C=O) groups excluding carboxylic acids is 4. The highest BCUT2D eigenvalue weighted by atomic mass is 32.1. The number of nitrogens with two attached hydrogens (primary N) is 1. The van der Waals surface area contributed by atoms with Crippen molar-refractivity contribution in [1.82, 2.24) is 30.3 Å². The molecule has 4 amide bonds. The zero-order valence-corrected chi connectivity index (χ0v) is 39.7. The summed E-state index contributed by atoms with van der Waals surface area (Å²) in [5.74, 6) is -1.61. The van der Waals surface area contributed by atoms with Crippen molar-refractivity contribution in [3.05, 3.63) is 82.3 Å². The molecule has 2 heterocycles. The number of likely N-dealkylation sites (N-methyl/N-ethyl adjacent to an activating group) is 2. The maximum atomic E-state index is 14.6. The number of hydrogen-bond acceptors (Lipinski definition) is 10. The van der Waals surface area contributed by atoms with E-state index in [1.165, 1.54) is 11.3 Å². The number of rotatable bonds is 23. The second kappa shape index (κ2) is 23.9. The lowest BCUT2D eigenvalue weighted by molar-refractivity contribution is -0.148. The number of thiazole rings is 1. The van der Waals surface area contributed by atoms with Gasteiger partial charge in [0.05, 0.1) is 48.7 Å². The minimum Gasteiger partial charge on any atom is -0.399 e. The third kappa shape index (κ3) is 13.1. The minimum atomic E-state index is -0.810. The largest absolute Gasteiger partial charge is 0.399 e. The number of amides is 4. The molecule has 0 spiro atoms. The van der Waals surface area contributed by atoms with Crippen molar-refractivity contribution < 1.29 is 28.7 Å². The Kier molecular flexibility index (Phi) is 19.4. The topological polar surface area (TPSA) is 159 Å². The van der Waals surface area contributed by atoms with Gasteiger partial charge in [0.2, 0.25) is 23.6 Å². The van der Waals surface area contributed by atoms with E-state index in [1.807, 2.05) is 111 Å². The van der Waals surface area contributed by atoms with Crippen molar-refractivity contribution in [2.45, 2.75) is 130 Å². The van der Waals surface area contributed by atoms with Gasteiger partial charge in [-0.25, -0.2) is 4.98 Å². The summed E-state index contributed by atoms with van der Waals surface area (Å²) < 4.78 is 12.2. The average Bonchev–Trinajstić information content (AvgIpc) is 3.96. The number of nitrogens with zero attached hydrogens (tertiary/aromatic N) is 4. The van der Waals surface area contributed by atoms with E-state index in [0.29, 0.717) is 31.6 Å². The zero-order valence-electron chi connectivity index (χ0n) is 38.9. The summed E-state index contributed by atoms with van der Waals surface area (Å²) in [6, 6.07) is 15.2. The van der Waals surface area contributed by atoms with Gasteiger partial charge in [-0.2, -0.15) is 0 Å². The summed E-state index contributed by atoms with van der Waals surface area (Å²) in [5, 5.41) is 9.10. The molecule has 4 rings (SSSR count). The third-order valence-electron chi connectivity index (χ3n) is 12.6. The van der Waals surface area contributed by atoms with Crippen molar-refractivity contribution in [3.8, 4) is 0 Å². The summed E-state index contributed by atoms with van der Waals surface area (Å²) in [6.07, 6.45) is 3.37. The number of carbonyl (C=O) groups is 4. The van der Waals surface area contributed by atoms with E-state index in [0.717, 1.165) is 29.0 Å². The van der Waals surface area contributed by atoms with Crippen molar-refractivity contribution in [2.75, 3.05) is 40.6 Å². The van der Waals surface area contributed by atoms with Crippen LogP contribution in [-0.4, -0.2) is 115 Å². The third-order valence-corrected chi connectivity index (χ3v) is 13.5. The maximum Gasteiger partial charge on any atom is 0.245 e. The van der Waals surface area contributed by atoms with Gasteiger partial charge < -0.3 is 35.6 Å². The molecule has 62 heavy (non-hydrogen) atoms. The van der Waals surface area contributed by atoms with Crippen LogP contribution in [0.5, 0.6) is 0 Å². The fourth-order valence-corrected chi connectivity index (χ4v) is 9.82. The Morgan fingerprint density at radius 3 is 2.19 bits per heavy atom. The van der Waals surface area contributed by atoms with Gasteiger partial charge in [-0.15, -0.1) is 11.3 Å². The molecule has 3 aromatic rings. The van der Waals surface area contributed by atoms with Gasteiger partial charge in [0.1, 0.15) is 11.0 Å². The highest BCUT2D eigenvalue weighted by Gasteiger charge is 2.43. The van der Waals surface area contributed by atoms with E-state index in [-0.39, 0.29) is 59.9 Å². The quantitative estimate of drug-likeness (QED) is 0.0925. The van der Waals surface area contributed by atoms with Crippen LogP contribution in [0.3, 0.4) is 0 Å². The minimum absolute atomic E-state index is 0.0305. The lowest BCUT2D eigenvalue weighted by Crippen LogP contribution is -2.60. The molecule has 9 atom stereocenters. The fourth-order valence-electron chi connectivity index (χ4n) is 9.13. The van der Waals surface area contributed by atoms with Crippen molar-refractivity contribution in [1.29, 1.82) is 0 Å². The van der Waals surface area contributed by atoms with Crippen LogP contribution in [0.25, 0.3) is 0 Å². The molecule has 8 unspecified atom stereocenters. The Morgan fingerprint density at radius 2 is 1.61 bits per heavy atom. The molecule has 1 aliphatic heterocycles. The molecule has 1 aliphatic rings. The van der Waals surface area contributed by atoms with E-state index in [2.05, 4.69) is 29.5 Å². The predicted molar refractivity (Wildman–Crippen MR) is 247 cm³/mol. The maximum absolute atomic E-state index is 14.6. The molecule has 4 N–H and O–H groups in total. The molecule has 13 nitrogen and oxygen atoms in total. The number of benzene rings is 2. The molecule has 1 saturated heterocycles. The monoisotopic (exact) mass is 876 g/mol. The van der Waals surface area contributed by atoms with E-state index in [4.69, 9.17) is 15.2 Å². The predicted octanol–water partition coefficient (Wildman–Crippen LogP) is 6.34. The first kappa shape index (κ1) is 50.3. The molecule has 0 radical (unpaired) electrons. The average molecular weight is 876 g/mol. The summed E-state index contributed by atoms with van der Waals surface area (Å²) >= 11 is 1.50. The summed E-state index contributed by atoms with van der Waals surface area (Å²) in [6.45, 7) is 14.9. The van der Waals surface area contributed by atoms with Crippen molar-refractivity contribution in [3.63, 3.8) is 0 Å². The molecule has 0 aliphatic carbocycles. The second-order valence-corrected chi connectivity index (χ2v) is 18.7. The van der Waals surface area contributed by atoms with Crippen LogP contribution in [0, 0.1) is 23.7 Å². The van der Waals surface area contributed by atoms with Crippen molar-refractivity contribution >= 4 is 40.7 Å². The summed E-state index contributed by atoms with van der Waals surface area (Å²) in [5.41, 5.74) is 8.78. The van der Waals surface area contributed by atoms with Gasteiger partial charge in [0.25, 0.3) is 0 Å². The highest BCUT2D eigenvalue weighted by molar-refractivity contribution is 7.09. The number of nitrogen functional groups attached to an aromatic ring is 1. The van der Waals surface area contributed by atoms with E-state index in [9.17, 15) is 19.2 Å². The van der Waals surface area contributed by atoms with E-state index in [1.54, 1.807) is 32.4 Å². The first-order chi connectivity index (χ1) is 29.5. The SMILES string of the molecule is CCC(C)C(C(CC(=O)N1CCC[C@H]1C(OC)C(C)C(=O)NC(Cc1ccccc1)c1nccs1)OC)N(C)C(=O)C(NC(=O)C(C(C)C)N(C)Cc1cccc(N)c1)C(C)C. The van der Waals surface area contributed by atoms with Crippen LogP contribution in [0.2, 0.25) is 0 Å². The molecule has 1 fully saturated rings. The molecule has 0 saturated carbocycles. The number of ether oxygens (including phenoxy) is 2. The standard InChI is InChI=1S/C48H73N7O6S/c1-12-32(6)43(54(9)48(59)41(30(2)3)52-46(58)42(31(4)5)53(8)29-35-20-16-21-36(49)26-35)39(60-10)28-40(56)55-24-17-22-38(55)44(61-11)33(7)45(57)51-37(47-50-23-25-62-47)27-34-18-14-13-15-19-34/h13-16,18-21,23,25-26,30-33,37-39,41-44H,12,17,22,24,27-29,49H2,1-11H3,(H,51,57)(H,52,58)/t32?,33?,37?,38-,39?,41?,42?,43?,44?/m0/s1. The Bertz CT molecular complexity index is 1860.